The zero-order chi connectivity index (χ0) is 17.4. The number of hydrogen-bond donors (Lipinski definition) is 1. The smallest absolute Gasteiger partial charge is 0.324 e. The molecule has 1 saturated heterocycles. The van der Waals surface area contributed by atoms with Crippen LogP contribution in [0.2, 0.25) is 0 Å². The molecule has 1 unspecified atom stereocenters. The van der Waals surface area contributed by atoms with Crippen molar-refractivity contribution in [2.45, 2.75) is 38.1 Å². The number of nitrogens with zero attached hydrogens (tertiary/aromatic N) is 1. The van der Waals surface area contributed by atoms with Crippen LogP contribution in [-0.4, -0.2) is 32.0 Å². The van der Waals surface area contributed by atoms with Crippen LogP contribution in [0.3, 0.4) is 0 Å². The van der Waals surface area contributed by atoms with Crippen LogP contribution in [0.25, 0.3) is 0 Å². The second kappa shape index (κ2) is 5.89. The van der Waals surface area contributed by atoms with Crippen LogP contribution in [0.4, 0.5) is 5.69 Å². The van der Waals surface area contributed by atoms with E-state index in [0.717, 1.165) is 6.07 Å². The van der Waals surface area contributed by atoms with Crippen LogP contribution in [0.15, 0.2) is 23.1 Å². The summed E-state index contributed by atoms with van der Waals surface area (Å²) < 4.78 is 32.5. The highest BCUT2D eigenvalue weighted by Crippen LogP contribution is 2.33. The topological polar surface area (TPSA) is 116 Å². The summed E-state index contributed by atoms with van der Waals surface area (Å²) in [5, 5.41) is 11.1. The monoisotopic (exact) mass is 342 g/mol. The highest BCUT2D eigenvalue weighted by molar-refractivity contribution is 7.89. The fraction of sp³-hybridized carbons (Fsp3) is 0.500. The van der Waals surface area contributed by atoms with Crippen molar-refractivity contribution in [1.82, 2.24) is 4.72 Å². The van der Waals surface area contributed by atoms with Gasteiger partial charge >= 0.3 is 5.97 Å². The van der Waals surface area contributed by atoms with Crippen LogP contribution < -0.4 is 4.72 Å². The zero-order valence-corrected chi connectivity index (χ0v) is 13.8. The van der Waals surface area contributed by atoms with E-state index < -0.39 is 43.0 Å². The second-order valence-corrected chi connectivity index (χ2v) is 7.79. The molecule has 0 amide bonds. The van der Waals surface area contributed by atoms with E-state index in [1.54, 1.807) is 13.8 Å². The Morgan fingerprint density at radius 3 is 2.61 bits per heavy atom. The van der Waals surface area contributed by atoms with Gasteiger partial charge in [-0.1, -0.05) is 26.0 Å². The number of cyclic esters (lactones) is 1. The summed E-state index contributed by atoms with van der Waals surface area (Å²) in [6, 6.07) is 2.89. The Kier molecular flexibility index (Phi) is 4.45. The summed E-state index contributed by atoms with van der Waals surface area (Å²) in [7, 11) is -4.26. The molecule has 126 valence electrons. The number of carbonyl (C=O) groups excluding carboxylic acids is 1. The molecular formula is C14H18N2O6S. The highest BCUT2D eigenvalue weighted by atomic mass is 32.2. The number of carbonyl (C=O) groups is 1. The third kappa shape index (κ3) is 3.35. The van der Waals surface area contributed by atoms with Gasteiger partial charge in [0.1, 0.15) is 6.04 Å². The van der Waals surface area contributed by atoms with E-state index in [0.29, 0.717) is 6.42 Å². The van der Waals surface area contributed by atoms with E-state index in [4.69, 9.17) is 4.74 Å². The number of nitrogens with one attached hydrogen (secondary N) is 1. The van der Waals surface area contributed by atoms with Gasteiger partial charge in [0.15, 0.2) is 4.90 Å². The predicted molar refractivity (Wildman–Crippen MR) is 81.3 cm³/mol. The standard InChI is InChI=1S/C14H18N2O6S/c1-9-5-4-6-10(16(18)19)11(9)23(20,21)15-12-13(17)22-8-7-14(12,2)3/h4-6,12,15H,7-8H2,1-3H3. The molecule has 0 radical (unpaired) electrons. The number of aryl methyl sites for hydroxylation is 1. The van der Waals surface area contributed by atoms with Gasteiger partial charge in [0.2, 0.25) is 10.0 Å². The first-order chi connectivity index (χ1) is 10.6. The molecule has 2 rings (SSSR count). The van der Waals surface area contributed by atoms with Gasteiger partial charge < -0.3 is 4.74 Å². The Morgan fingerprint density at radius 2 is 2.04 bits per heavy atom. The lowest BCUT2D eigenvalue weighted by atomic mass is 9.80. The summed E-state index contributed by atoms with van der Waals surface area (Å²) in [5.41, 5.74) is -0.951. The SMILES string of the molecule is Cc1cccc([N+](=O)[O-])c1S(=O)(=O)NC1C(=O)OCCC1(C)C. The van der Waals surface area contributed by atoms with Crippen molar-refractivity contribution < 1.29 is 22.9 Å². The molecular weight excluding hydrogens is 324 g/mol. The van der Waals surface area contributed by atoms with Gasteiger partial charge in [-0.05, 0) is 24.3 Å². The van der Waals surface area contributed by atoms with Gasteiger partial charge in [-0.2, -0.15) is 4.72 Å². The Bertz CT molecular complexity index is 757. The van der Waals surface area contributed by atoms with Crippen LogP contribution in [0.5, 0.6) is 0 Å². The first-order valence-corrected chi connectivity index (χ1v) is 8.47. The zero-order valence-electron chi connectivity index (χ0n) is 13.0. The normalized spacial score (nSPS) is 20.8. The van der Waals surface area contributed by atoms with E-state index in [1.807, 2.05) is 0 Å². The molecule has 1 aromatic rings. The van der Waals surface area contributed by atoms with E-state index in [-0.39, 0.29) is 12.2 Å². The number of nitro groups is 1. The van der Waals surface area contributed by atoms with E-state index >= 15 is 0 Å². The van der Waals surface area contributed by atoms with Crippen molar-refractivity contribution in [1.29, 1.82) is 0 Å². The van der Waals surface area contributed by atoms with Gasteiger partial charge in [0.05, 0.1) is 11.5 Å². The summed E-state index contributed by atoms with van der Waals surface area (Å²) in [5.74, 6) is -0.680. The summed E-state index contributed by atoms with van der Waals surface area (Å²) in [6.45, 7) is 5.17. The van der Waals surface area contributed by atoms with Crippen LogP contribution in [0.1, 0.15) is 25.8 Å². The third-order valence-electron chi connectivity index (χ3n) is 3.94. The van der Waals surface area contributed by atoms with Crippen molar-refractivity contribution in [3.63, 3.8) is 0 Å². The van der Waals surface area contributed by atoms with Crippen LogP contribution >= 0.6 is 0 Å². The van der Waals surface area contributed by atoms with Gasteiger partial charge in [-0.15, -0.1) is 0 Å². The van der Waals surface area contributed by atoms with Crippen molar-refractivity contribution >= 4 is 21.7 Å². The maximum Gasteiger partial charge on any atom is 0.324 e. The van der Waals surface area contributed by atoms with Gasteiger partial charge in [-0.25, -0.2) is 8.42 Å². The average Bonchev–Trinajstić information content (AvgIpc) is 2.42. The molecule has 1 aliphatic heterocycles. The lowest BCUT2D eigenvalue weighted by molar-refractivity contribution is -0.387. The minimum atomic E-state index is -4.26. The molecule has 0 saturated carbocycles. The minimum absolute atomic E-state index is 0.217. The minimum Gasteiger partial charge on any atom is -0.464 e. The van der Waals surface area contributed by atoms with Gasteiger partial charge in [0, 0.05) is 6.07 Å². The van der Waals surface area contributed by atoms with Gasteiger partial charge in [0.25, 0.3) is 5.69 Å². The molecule has 9 heteroatoms. The number of ether oxygens (including phenoxy) is 1. The lowest BCUT2D eigenvalue weighted by Gasteiger charge is -2.36. The fourth-order valence-electron chi connectivity index (χ4n) is 2.51. The molecule has 0 aromatic heterocycles. The number of nitro benzene ring substituents is 1. The average molecular weight is 342 g/mol. The summed E-state index contributed by atoms with van der Waals surface area (Å²) in [6.07, 6.45) is 0.488. The molecule has 1 fully saturated rings. The maximum absolute atomic E-state index is 12.7. The largest absolute Gasteiger partial charge is 0.464 e. The Morgan fingerprint density at radius 1 is 1.39 bits per heavy atom. The molecule has 1 atom stereocenters. The summed E-state index contributed by atoms with van der Waals surface area (Å²) in [4.78, 5) is 21.9. The first-order valence-electron chi connectivity index (χ1n) is 6.99. The number of rotatable bonds is 4. The highest BCUT2D eigenvalue weighted by Gasteiger charge is 2.43. The first kappa shape index (κ1) is 17.4. The molecule has 23 heavy (non-hydrogen) atoms. The predicted octanol–water partition coefficient (Wildman–Crippen LogP) is 1.52. The lowest BCUT2D eigenvalue weighted by Crippen LogP contribution is -2.54. The second-order valence-electron chi connectivity index (χ2n) is 6.14. The van der Waals surface area contributed by atoms with Crippen molar-refractivity contribution in [3.8, 4) is 0 Å². The van der Waals surface area contributed by atoms with E-state index in [9.17, 15) is 23.3 Å². The molecule has 0 bridgehead atoms. The van der Waals surface area contributed by atoms with Gasteiger partial charge in [-0.3, -0.25) is 14.9 Å². The van der Waals surface area contributed by atoms with Crippen molar-refractivity contribution in [3.05, 3.63) is 33.9 Å². The van der Waals surface area contributed by atoms with E-state index in [2.05, 4.69) is 4.72 Å². The molecule has 1 N–H and O–H groups in total. The molecule has 8 nitrogen and oxygen atoms in total. The molecule has 0 aliphatic carbocycles. The number of hydrogen-bond acceptors (Lipinski definition) is 6. The Balaban J connectivity index is 2.48. The van der Waals surface area contributed by atoms with Crippen LogP contribution in [0, 0.1) is 22.5 Å². The molecule has 0 spiro atoms. The van der Waals surface area contributed by atoms with E-state index in [1.165, 1.54) is 19.1 Å². The number of benzene rings is 1. The Hall–Kier alpha value is -2.00. The Labute approximate surface area is 134 Å². The number of esters is 1. The third-order valence-corrected chi connectivity index (χ3v) is 5.55. The quantitative estimate of drug-likeness (QED) is 0.504. The molecule has 1 aromatic carbocycles. The maximum atomic E-state index is 12.7. The van der Waals surface area contributed by atoms with Crippen molar-refractivity contribution in [2.75, 3.05) is 6.61 Å². The summed E-state index contributed by atoms with van der Waals surface area (Å²) >= 11 is 0. The molecule has 1 aliphatic rings. The number of sulfonamides is 1. The molecule has 1 heterocycles. The fourth-order valence-corrected chi connectivity index (χ4v) is 4.27. The van der Waals surface area contributed by atoms with Crippen LogP contribution in [-0.2, 0) is 19.6 Å². The van der Waals surface area contributed by atoms with Crippen molar-refractivity contribution in [2.24, 2.45) is 5.41 Å².